The number of thiophene rings is 1. The van der Waals surface area contributed by atoms with Gasteiger partial charge in [-0.2, -0.15) is 0 Å². The van der Waals surface area contributed by atoms with E-state index in [1.807, 2.05) is 0 Å². The number of nitrogens with one attached hydrogen (secondary N) is 1. The minimum Gasteiger partial charge on any atom is -0.271 e. The van der Waals surface area contributed by atoms with Crippen molar-refractivity contribution in [2.24, 2.45) is 17.7 Å². The topological polar surface area (TPSA) is 38.0 Å². The molecule has 4 heteroatoms. The van der Waals surface area contributed by atoms with Crippen LogP contribution in [-0.2, 0) is 0 Å². The molecule has 1 aliphatic carbocycles. The van der Waals surface area contributed by atoms with Crippen LogP contribution in [0.3, 0.4) is 0 Å². The largest absolute Gasteiger partial charge is 0.271 e. The number of hydrogen-bond donors (Lipinski definition) is 2. The quantitative estimate of drug-likeness (QED) is 0.657. The van der Waals surface area contributed by atoms with E-state index in [9.17, 15) is 0 Å². The average Bonchev–Trinajstić information content (AvgIpc) is 2.66. The van der Waals surface area contributed by atoms with Crippen LogP contribution >= 0.6 is 27.3 Å². The zero-order valence-corrected chi connectivity index (χ0v) is 12.0. The first kappa shape index (κ1) is 12.6. The van der Waals surface area contributed by atoms with Crippen molar-refractivity contribution in [3.63, 3.8) is 0 Å². The standard InChI is InChI=1S/C12H19BrN2S/c1-8-3-2-4-9(5-8)12(15-14)10-6-11(13)16-7-10/h6-9,12,15H,2-5,14H2,1H3. The molecule has 0 amide bonds. The summed E-state index contributed by atoms with van der Waals surface area (Å²) >= 11 is 5.25. The maximum absolute atomic E-state index is 5.73. The second-order valence-corrected chi connectivity index (χ2v) is 7.15. The molecule has 0 bridgehead atoms. The van der Waals surface area contributed by atoms with Gasteiger partial charge >= 0.3 is 0 Å². The van der Waals surface area contributed by atoms with E-state index in [0.717, 1.165) is 5.92 Å². The lowest BCUT2D eigenvalue weighted by Gasteiger charge is -2.32. The Kier molecular flexibility index (Phi) is 4.41. The Labute approximate surface area is 110 Å². The van der Waals surface area contributed by atoms with Gasteiger partial charge in [0.2, 0.25) is 0 Å². The molecule has 1 aromatic rings. The van der Waals surface area contributed by atoms with Crippen LogP contribution in [0.15, 0.2) is 15.2 Å². The van der Waals surface area contributed by atoms with E-state index in [-0.39, 0.29) is 0 Å². The molecule has 1 heterocycles. The number of hydrogen-bond acceptors (Lipinski definition) is 3. The minimum absolute atomic E-state index is 0.324. The molecule has 0 aliphatic heterocycles. The summed E-state index contributed by atoms with van der Waals surface area (Å²) < 4.78 is 1.19. The third-order valence-corrected chi connectivity index (χ3v) is 5.10. The van der Waals surface area contributed by atoms with Gasteiger partial charge < -0.3 is 0 Å². The van der Waals surface area contributed by atoms with E-state index in [1.54, 1.807) is 11.3 Å². The van der Waals surface area contributed by atoms with Gasteiger partial charge in [0.05, 0.1) is 3.79 Å². The molecule has 3 atom stereocenters. The van der Waals surface area contributed by atoms with Gasteiger partial charge in [-0.3, -0.25) is 11.3 Å². The minimum atomic E-state index is 0.324. The molecule has 0 radical (unpaired) electrons. The highest BCUT2D eigenvalue weighted by Gasteiger charge is 2.27. The Morgan fingerprint density at radius 1 is 1.56 bits per heavy atom. The van der Waals surface area contributed by atoms with E-state index < -0.39 is 0 Å². The summed E-state index contributed by atoms with van der Waals surface area (Å²) in [6.45, 7) is 2.35. The van der Waals surface area contributed by atoms with Gasteiger partial charge in [-0.25, -0.2) is 0 Å². The van der Waals surface area contributed by atoms with Gasteiger partial charge in [0, 0.05) is 6.04 Å². The third-order valence-electron chi connectivity index (χ3n) is 3.57. The van der Waals surface area contributed by atoms with Crippen LogP contribution in [0.2, 0.25) is 0 Å². The number of rotatable bonds is 3. The van der Waals surface area contributed by atoms with Gasteiger partial charge in [0.25, 0.3) is 0 Å². The van der Waals surface area contributed by atoms with E-state index in [1.165, 1.54) is 35.0 Å². The van der Waals surface area contributed by atoms with Crippen LogP contribution in [0.4, 0.5) is 0 Å². The Bertz CT molecular complexity index is 340. The lowest BCUT2D eigenvalue weighted by atomic mass is 9.77. The predicted octanol–water partition coefficient (Wildman–Crippen LogP) is 3.84. The molecule has 0 aromatic carbocycles. The van der Waals surface area contributed by atoms with Crippen LogP contribution in [0.25, 0.3) is 0 Å². The maximum atomic E-state index is 5.73. The molecule has 1 aromatic heterocycles. The first-order chi connectivity index (χ1) is 7.70. The first-order valence-electron chi connectivity index (χ1n) is 5.90. The molecule has 1 fully saturated rings. The average molecular weight is 303 g/mol. The van der Waals surface area contributed by atoms with Crippen molar-refractivity contribution in [1.82, 2.24) is 5.43 Å². The van der Waals surface area contributed by atoms with Crippen LogP contribution in [0, 0.1) is 11.8 Å². The van der Waals surface area contributed by atoms with Crippen LogP contribution in [-0.4, -0.2) is 0 Å². The Balaban J connectivity index is 2.09. The highest BCUT2D eigenvalue weighted by atomic mass is 79.9. The molecule has 0 saturated heterocycles. The smallest absolute Gasteiger partial charge is 0.0701 e. The molecule has 3 unspecified atom stereocenters. The van der Waals surface area contributed by atoms with Gasteiger partial charge in [0.15, 0.2) is 0 Å². The molecule has 0 spiro atoms. The van der Waals surface area contributed by atoms with Gasteiger partial charge in [-0.05, 0) is 57.6 Å². The fraction of sp³-hybridized carbons (Fsp3) is 0.667. The Hall–Kier alpha value is 0.100. The highest BCUT2D eigenvalue weighted by molar-refractivity contribution is 9.11. The van der Waals surface area contributed by atoms with E-state index in [2.05, 4.69) is 39.7 Å². The first-order valence-corrected chi connectivity index (χ1v) is 7.58. The van der Waals surface area contributed by atoms with Crippen molar-refractivity contribution >= 4 is 27.3 Å². The van der Waals surface area contributed by atoms with Crippen LogP contribution < -0.4 is 11.3 Å². The summed E-state index contributed by atoms with van der Waals surface area (Å²) in [5, 5.41) is 2.20. The van der Waals surface area contributed by atoms with E-state index in [4.69, 9.17) is 5.84 Å². The SMILES string of the molecule is CC1CCCC(C(NN)c2csc(Br)c2)C1. The van der Waals surface area contributed by atoms with Crippen molar-refractivity contribution in [1.29, 1.82) is 0 Å². The molecular weight excluding hydrogens is 284 g/mol. The summed E-state index contributed by atoms with van der Waals surface area (Å²) in [5.74, 6) is 7.26. The van der Waals surface area contributed by atoms with Crippen molar-refractivity contribution in [2.45, 2.75) is 38.6 Å². The van der Waals surface area contributed by atoms with Crippen molar-refractivity contribution in [3.05, 3.63) is 20.8 Å². The number of nitrogens with two attached hydrogens (primary N) is 1. The molecule has 3 N–H and O–H groups in total. The Morgan fingerprint density at radius 2 is 2.38 bits per heavy atom. The fourth-order valence-corrected chi connectivity index (χ4v) is 3.99. The van der Waals surface area contributed by atoms with Gasteiger partial charge in [-0.15, -0.1) is 11.3 Å². The van der Waals surface area contributed by atoms with Crippen molar-refractivity contribution in [3.8, 4) is 0 Å². The molecule has 2 nitrogen and oxygen atoms in total. The summed E-state index contributed by atoms with van der Waals surface area (Å²) in [5.41, 5.74) is 4.34. The van der Waals surface area contributed by atoms with Crippen molar-refractivity contribution < 1.29 is 0 Å². The molecule has 1 saturated carbocycles. The maximum Gasteiger partial charge on any atom is 0.0701 e. The monoisotopic (exact) mass is 302 g/mol. The van der Waals surface area contributed by atoms with Gasteiger partial charge in [0.1, 0.15) is 0 Å². The summed E-state index contributed by atoms with van der Waals surface area (Å²) in [7, 11) is 0. The second kappa shape index (κ2) is 5.63. The van der Waals surface area contributed by atoms with E-state index in [0.29, 0.717) is 12.0 Å². The molecule has 90 valence electrons. The number of hydrazine groups is 1. The molecular formula is C12H19BrN2S. The van der Waals surface area contributed by atoms with Crippen LogP contribution in [0.1, 0.15) is 44.2 Å². The normalized spacial score (nSPS) is 27.9. The lowest BCUT2D eigenvalue weighted by Crippen LogP contribution is -2.35. The summed E-state index contributed by atoms with van der Waals surface area (Å²) in [6.07, 6.45) is 5.31. The second-order valence-electron chi connectivity index (χ2n) is 4.86. The summed E-state index contributed by atoms with van der Waals surface area (Å²) in [4.78, 5) is 0. The molecule has 1 aliphatic rings. The number of halogens is 1. The zero-order chi connectivity index (χ0) is 11.5. The lowest BCUT2D eigenvalue weighted by molar-refractivity contribution is 0.225. The summed E-state index contributed by atoms with van der Waals surface area (Å²) in [6, 6.07) is 2.51. The predicted molar refractivity (Wildman–Crippen MR) is 73.2 cm³/mol. The molecule has 2 rings (SSSR count). The highest BCUT2D eigenvalue weighted by Crippen LogP contribution is 2.38. The van der Waals surface area contributed by atoms with Crippen molar-refractivity contribution in [2.75, 3.05) is 0 Å². The van der Waals surface area contributed by atoms with Gasteiger partial charge in [-0.1, -0.05) is 19.8 Å². The Morgan fingerprint density at radius 3 is 2.94 bits per heavy atom. The van der Waals surface area contributed by atoms with Crippen LogP contribution in [0.5, 0.6) is 0 Å². The fourth-order valence-electron chi connectivity index (χ4n) is 2.77. The third kappa shape index (κ3) is 2.86. The molecule has 16 heavy (non-hydrogen) atoms. The van der Waals surface area contributed by atoms with E-state index >= 15 is 0 Å². The zero-order valence-electron chi connectivity index (χ0n) is 9.58.